The molecule has 1 amide bonds. The smallest absolute Gasteiger partial charge is 0.262 e. The highest BCUT2D eigenvalue weighted by Crippen LogP contribution is 2.34. The van der Waals surface area contributed by atoms with E-state index in [0.29, 0.717) is 33.1 Å². The molecule has 4 aromatic rings. The van der Waals surface area contributed by atoms with E-state index in [1.54, 1.807) is 24.3 Å². The fourth-order valence-electron chi connectivity index (χ4n) is 3.42. The Balaban J connectivity index is 1.51. The second-order valence-corrected chi connectivity index (χ2v) is 8.24. The molecule has 0 radical (unpaired) electrons. The van der Waals surface area contributed by atoms with Crippen LogP contribution in [0.25, 0.3) is 22.6 Å². The minimum absolute atomic E-state index is 0.00589. The summed E-state index contributed by atoms with van der Waals surface area (Å²) in [5.74, 6) is 0.520. The number of aryl methyl sites for hydroxylation is 4. The zero-order valence-corrected chi connectivity index (χ0v) is 19.0. The van der Waals surface area contributed by atoms with Crippen molar-refractivity contribution in [2.75, 3.05) is 11.9 Å². The predicted octanol–water partition coefficient (Wildman–Crippen LogP) is 6.10. The van der Waals surface area contributed by atoms with Crippen LogP contribution >= 0.6 is 11.6 Å². The van der Waals surface area contributed by atoms with Gasteiger partial charge >= 0.3 is 0 Å². The van der Waals surface area contributed by atoms with Crippen molar-refractivity contribution in [2.45, 2.75) is 27.7 Å². The number of phenols is 1. The van der Waals surface area contributed by atoms with Gasteiger partial charge in [-0.05, 0) is 92.4 Å². The Morgan fingerprint density at radius 2 is 1.72 bits per heavy atom. The molecule has 0 atom stereocenters. The van der Waals surface area contributed by atoms with Gasteiger partial charge in [0.25, 0.3) is 5.91 Å². The van der Waals surface area contributed by atoms with Crippen LogP contribution in [0.3, 0.4) is 0 Å². The van der Waals surface area contributed by atoms with Crippen LogP contribution in [0.4, 0.5) is 5.69 Å². The number of rotatable bonds is 5. The molecule has 6 nitrogen and oxygen atoms in total. The molecule has 0 aliphatic rings. The number of nitrogens with zero attached hydrogens (tertiary/aromatic N) is 1. The maximum atomic E-state index is 12.4. The van der Waals surface area contributed by atoms with Crippen LogP contribution in [0, 0.1) is 27.7 Å². The number of carbonyl (C=O) groups excluding carboxylic acids is 1. The van der Waals surface area contributed by atoms with Crippen LogP contribution in [0.1, 0.15) is 22.3 Å². The largest absolute Gasteiger partial charge is 0.507 e. The number of phenolic OH excluding ortho intramolecular Hbond substituents is 1. The predicted molar refractivity (Wildman–Crippen MR) is 126 cm³/mol. The summed E-state index contributed by atoms with van der Waals surface area (Å²) >= 11 is 6.17. The van der Waals surface area contributed by atoms with E-state index in [1.807, 2.05) is 39.8 Å². The van der Waals surface area contributed by atoms with E-state index in [2.05, 4.69) is 10.3 Å². The molecule has 1 aromatic heterocycles. The number of hydrogen-bond donors (Lipinski definition) is 2. The summed E-state index contributed by atoms with van der Waals surface area (Å²) < 4.78 is 11.5. The van der Waals surface area contributed by atoms with Crippen LogP contribution in [-0.4, -0.2) is 22.6 Å². The molecule has 1 heterocycles. The number of benzene rings is 3. The number of anilines is 1. The molecule has 7 heteroatoms. The number of carbonyl (C=O) groups is 1. The number of aromatic nitrogens is 1. The van der Waals surface area contributed by atoms with Gasteiger partial charge in [0.15, 0.2) is 12.2 Å². The van der Waals surface area contributed by atoms with E-state index < -0.39 is 0 Å². The average molecular weight is 451 g/mol. The molecule has 0 unspecified atom stereocenters. The zero-order valence-electron chi connectivity index (χ0n) is 18.2. The minimum Gasteiger partial charge on any atom is -0.507 e. The van der Waals surface area contributed by atoms with Gasteiger partial charge in [-0.3, -0.25) is 4.79 Å². The quantitative estimate of drug-likeness (QED) is 0.358. The molecule has 4 rings (SSSR count). The highest BCUT2D eigenvalue weighted by atomic mass is 35.5. The molecular formula is C25H23ClN2O4. The molecule has 0 fully saturated rings. The summed E-state index contributed by atoms with van der Waals surface area (Å²) in [6.07, 6.45) is 0. The first-order chi connectivity index (χ1) is 15.2. The molecule has 164 valence electrons. The first kappa shape index (κ1) is 21.7. The van der Waals surface area contributed by atoms with Crippen molar-refractivity contribution in [3.05, 3.63) is 69.7 Å². The maximum absolute atomic E-state index is 12.4. The van der Waals surface area contributed by atoms with Gasteiger partial charge in [-0.25, -0.2) is 4.98 Å². The third kappa shape index (κ3) is 4.41. The van der Waals surface area contributed by atoms with Gasteiger partial charge in [-0.1, -0.05) is 11.6 Å². The molecule has 0 spiro atoms. The Hall–Kier alpha value is -3.51. The number of fused-ring (bicyclic) bond motifs is 1. The maximum Gasteiger partial charge on any atom is 0.262 e. The van der Waals surface area contributed by atoms with Crippen LogP contribution < -0.4 is 10.1 Å². The zero-order chi connectivity index (χ0) is 23.0. The van der Waals surface area contributed by atoms with Crippen molar-refractivity contribution < 1.29 is 19.1 Å². The third-order valence-electron chi connectivity index (χ3n) is 5.29. The highest BCUT2D eigenvalue weighted by molar-refractivity contribution is 6.32. The van der Waals surface area contributed by atoms with E-state index in [0.717, 1.165) is 22.3 Å². The van der Waals surface area contributed by atoms with E-state index in [9.17, 15) is 9.90 Å². The Labute approximate surface area is 190 Å². The van der Waals surface area contributed by atoms with Gasteiger partial charge in [0.05, 0.1) is 5.56 Å². The molecule has 0 aliphatic carbocycles. The Morgan fingerprint density at radius 1 is 1.03 bits per heavy atom. The summed E-state index contributed by atoms with van der Waals surface area (Å²) in [4.78, 5) is 16.9. The van der Waals surface area contributed by atoms with Gasteiger partial charge in [-0.2, -0.15) is 0 Å². The monoisotopic (exact) mass is 450 g/mol. The lowest BCUT2D eigenvalue weighted by Gasteiger charge is -2.11. The van der Waals surface area contributed by atoms with Crippen molar-refractivity contribution in [1.29, 1.82) is 0 Å². The van der Waals surface area contributed by atoms with Crippen LogP contribution in [0.5, 0.6) is 11.5 Å². The molecule has 32 heavy (non-hydrogen) atoms. The molecular weight excluding hydrogens is 428 g/mol. The van der Waals surface area contributed by atoms with Crippen LogP contribution in [-0.2, 0) is 4.79 Å². The number of aromatic hydroxyl groups is 1. The van der Waals surface area contributed by atoms with Crippen LogP contribution in [0.15, 0.2) is 46.9 Å². The van der Waals surface area contributed by atoms with Gasteiger partial charge < -0.3 is 19.6 Å². The van der Waals surface area contributed by atoms with E-state index in [-0.39, 0.29) is 24.2 Å². The van der Waals surface area contributed by atoms with E-state index in [4.69, 9.17) is 20.8 Å². The van der Waals surface area contributed by atoms with Gasteiger partial charge in [0, 0.05) is 10.7 Å². The lowest BCUT2D eigenvalue weighted by molar-refractivity contribution is -0.118. The first-order valence-corrected chi connectivity index (χ1v) is 10.5. The number of ether oxygens (including phenoxy) is 1. The first-order valence-electron chi connectivity index (χ1n) is 10.1. The number of amides is 1. The van der Waals surface area contributed by atoms with Crippen molar-refractivity contribution in [3.63, 3.8) is 0 Å². The topological polar surface area (TPSA) is 84.6 Å². The van der Waals surface area contributed by atoms with E-state index in [1.165, 1.54) is 6.07 Å². The summed E-state index contributed by atoms with van der Waals surface area (Å²) in [6.45, 7) is 7.60. The van der Waals surface area contributed by atoms with Crippen LogP contribution in [0.2, 0.25) is 5.02 Å². The summed E-state index contributed by atoms with van der Waals surface area (Å²) in [6, 6.07) is 12.1. The normalized spacial score (nSPS) is 11.0. The molecule has 3 aromatic carbocycles. The standard InChI is InChI=1S/C25H23ClN2O4/c1-13-9-20-22(10-14(13)2)32-25(28-20)19-11-17(5-6-21(19)29)27-23(30)12-31-18-7-15(3)24(26)16(4)8-18/h5-11,29H,12H2,1-4H3,(H,27,30). The fourth-order valence-corrected chi connectivity index (χ4v) is 3.52. The summed E-state index contributed by atoms with van der Waals surface area (Å²) in [5, 5.41) is 13.8. The Kier molecular flexibility index (Phi) is 5.80. The fraction of sp³-hybridized carbons (Fsp3) is 0.200. The molecule has 2 N–H and O–H groups in total. The molecule has 0 aliphatic heterocycles. The number of oxazole rings is 1. The minimum atomic E-state index is -0.337. The number of halogens is 1. The number of hydrogen-bond acceptors (Lipinski definition) is 5. The molecule has 0 bridgehead atoms. The highest BCUT2D eigenvalue weighted by Gasteiger charge is 2.15. The Bertz CT molecular complexity index is 1280. The molecule has 0 saturated heterocycles. The second kappa shape index (κ2) is 8.55. The van der Waals surface area contributed by atoms with Crippen molar-refractivity contribution >= 4 is 34.3 Å². The molecule has 0 saturated carbocycles. The van der Waals surface area contributed by atoms with Crippen molar-refractivity contribution in [3.8, 4) is 23.0 Å². The van der Waals surface area contributed by atoms with Crippen molar-refractivity contribution in [2.24, 2.45) is 0 Å². The average Bonchev–Trinajstić information content (AvgIpc) is 3.14. The lowest BCUT2D eigenvalue weighted by Crippen LogP contribution is -2.20. The Morgan fingerprint density at radius 3 is 2.44 bits per heavy atom. The van der Waals surface area contributed by atoms with Gasteiger partial charge in [0.2, 0.25) is 5.89 Å². The van der Waals surface area contributed by atoms with Gasteiger partial charge in [0.1, 0.15) is 17.0 Å². The third-order valence-corrected chi connectivity index (χ3v) is 5.89. The summed E-state index contributed by atoms with van der Waals surface area (Å²) in [5.41, 5.74) is 6.19. The lowest BCUT2D eigenvalue weighted by atomic mass is 10.1. The second-order valence-electron chi connectivity index (χ2n) is 7.86. The van der Waals surface area contributed by atoms with Crippen molar-refractivity contribution in [1.82, 2.24) is 4.98 Å². The number of nitrogens with one attached hydrogen (secondary N) is 1. The SMILES string of the molecule is Cc1cc2nc(-c3cc(NC(=O)COc4cc(C)c(Cl)c(C)c4)ccc3O)oc2cc1C. The van der Waals surface area contributed by atoms with E-state index >= 15 is 0 Å². The van der Waals surface area contributed by atoms with Gasteiger partial charge in [-0.15, -0.1) is 0 Å². The summed E-state index contributed by atoms with van der Waals surface area (Å²) in [7, 11) is 0.